The molecule has 4 heteroatoms. The van der Waals surface area contributed by atoms with Crippen LogP contribution in [0.5, 0.6) is 5.88 Å². The fourth-order valence-electron chi connectivity index (χ4n) is 2.42. The van der Waals surface area contributed by atoms with E-state index in [1.165, 1.54) is 16.3 Å². The maximum atomic E-state index is 5.12. The lowest BCUT2D eigenvalue weighted by Crippen LogP contribution is -2.10. The van der Waals surface area contributed by atoms with Gasteiger partial charge in [-0.1, -0.05) is 42.5 Å². The molecule has 0 saturated carbocycles. The smallest absolute Gasteiger partial charge is 0.226 e. The van der Waals surface area contributed by atoms with E-state index in [1.54, 1.807) is 19.4 Å². The number of fused-ring (bicyclic) bond motifs is 1. The van der Waals surface area contributed by atoms with Crippen LogP contribution in [0.1, 0.15) is 18.5 Å². The molecule has 0 amide bonds. The quantitative estimate of drug-likeness (QED) is 0.789. The predicted octanol–water partition coefficient (Wildman–Crippen LogP) is 3.81. The van der Waals surface area contributed by atoms with Crippen LogP contribution in [0.2, 0.25) is 0 Å². The second-order valence-corrected chi connectivity index (χ2v) is 4.86. The molecular formula is C17H17N3O. The van der Waals surface area contributed by atoms with Crippen LogP contribution in [0.3, 0.4) is 0 Å². The van der Waals surface area contributed by atoms with E-state index in [-0.39, 0.29) is 6.04 Å². The van der Waals surface area contributed by atoms with Gasteiger partial charge in [0.1, 0.15) is 0 Å². The molecule has 4 nitrogen and oxygen atoms in total. The summed E-state index contributed by atoms with van der Waals surface area (Å²) in [4.78, 5) is 8.52. The summed E-state index contributed by atoms with van der Waals surface area (Å²) in [7, 11) is 1.60. The Morgan fingerprint density at radius 2 is 1.86 bits per heavy atom. The molecule has 3 aromatic rings. The Kier molecular flexibility index (Phi) is 3.69. The fourth-order valence-corrected chi connectivity index (χ4v) is 2.42. The van der Waals surface area contributed by atoms with Crippen LogP contribution in [0.15, 0.2) is 54.7 Å². The zero-order valence-corrected chi connectivity index (χ0v) is 12.1. The fraction of sp³-hybridized carbons (Fsp3) is 0.176. The van der Waals surface area contributed by atoms with E-state index in [0.29, 0.717) is 11.8 Å². The van der Waals surface area contributed by atoms with Crippen LogP contribution < -0.4 is 10.1 Å². The summed E-state index contributed by atoms with van der Waals surface area (Å²) in [5, 5.41) is 5.79. The number of ether oxygens (including phenoxy) is 1. The highest BCUT2D eigenvalue weighted by Crippen LogP contribution is 2.26. The predicted molar refractivity (Wildman–Crippen MR) is 84.6 cm³/mol. The number of rotatable bonds is 4. The van der Waals surface area contributed by atoms with E-state index in [1.807, 2.05) is 0 Å². The van der Waals surface area contributed by atoms with Crippen LogP contribution in [0.4, 0.5) is 5.95 Å². The Bertz CT molecular complexity index is 752. The van der Waals surface area contributed by atoms with Gasteiger partial charge in [0.15, 0.2) is 0 Å². The van der Waals surface area contributed by atoms with Gasteiger partial charge in [-0.2, -0.15) is 4.98 Å². The molecule has 1 unspecified atom stereocenters. The first-order valence-electron chi connectivity index (χ1n) is 6.89. The maximum Gasteiger partial charge on any atom is 0.226 e. The summed E-state index contributed by atoms with van der Waals surface area (Å²) in [5.41, 5.74) is 1.22. The summed E-state index contributed by atoms with van der Waals surface area (Å²) in [6.45, 7) is 2.10. The summed E-state index contributed by atoms with van der Waals surface area (Å²) < 4.78 is 5.12. The molecular weight excluding hydrogens is 262 g/mol. The Labute approximate surface area is 123 Å². The number of aromatic nitrogens is 2. The minimum Gasteiger partial charge on any atom is -0.481 e. The number of hydrogen-bond acceptors (Lipinski definition) is 4. The van der Waals surface area contributed by atoms with Gasteiger partial charge in [-0.05, 0) is 23.3 Å². The van der Waals surface area contributed by atoms with Crippen molar-refractivity contribution in [3.63, 3.8) is 0 Å². The highest BCUT2D eigenvalue weighted by molar-refractivity contribution is 5.86. The molecule has 106 valence electrons. The van der Waals surface area contributed by atoms with Gasteiger partial charge in [0, 0.05) is 12.3 Å². The van der Waals surface area contributed by atoms with Gasteiger partial charge in [0.2, 0.25) is 11.8 Å². The summed E-state index contributed by atoms with van der Waals surface area (Å²) in [6.07, 6.45) is 1.68. The Hall–Kier alpha value is -2.62. The van der Waals surface area contributed by atoms with E-state index < -0.39 is 0 Å². The van der Waals surface area contributed by atoms with Crippen molar-refractivity contribution in [3.05, 3.63) is 60.3 Å². The third-order valence-corrected chi connectivity index (χ3v) is 3.47. The van der Waals surface area contributed by atoms with Crippen LogP contribution in [0, 0.1) is 0 Å². The number of benzene rings is 2. The normalized spacial score (nSPS) is 12.1. The molecule has 1 atom stereocenters. The van der Waals surface area contributed by atoms with Crippen molar-refractivity contribution in [1.29, 1.82) is 0 Å². The van der Waals surface area contributed by atoms with Crippen LogP contribution in [-0.2, 0) is 0 Å². The number of nitrogens with one attached hydrogen (secondary N) is 1. The monoisotopic (exact) mass is 279 g/mol. The van der Waals surface area contributed by atoms with Crippen molar-refractivity contribution >= 4 is 16.7 Å². The SMILES string of the molecule is COc1ccnc(NC(C)c2cccc3ccccc23)n1. The number of methoxy groups -OCH3 is 1. The van der Waals surface area contributed by atoms with Crippen molar-refractivity contribution in [3.8, 4) is 5.88 Å². The number of anilines is 1. The topological polar surface area (TPSA) is 47.0 Å². The van der Waals surface area contributed by atoms with Gasteiger partial charge in [0.25, 0.3) is 0 Å². The molecule has 1 N–H and O–H groups in total. The number of hydrogen-bond donors (Lipinski definition) is 1. The molecule has 0 aliphatic heterocycles. The largest absolute Gasteiger partial charge is 0.481 e. The molecule has 0 radical (unpaired) electrons. The van der Waals surface area contributed by atoms with Crippen molar-refractivity contribution < 1.29 is 4.74 Å². The zero-order chi connectivity index (χ0) is 14.7. The first kappa shape index (κ1) is 13.4. The standard InChI is InChI=1S/C17H17N3O/c1-12(19-17-18-11-10-16(20-17)21-2)14-9-5-7-13-6-3-4-8-15(13)14/h3-12H,1-2H3,(H,18,19,20). The Balaban J connectivity index is 1.91. The van der Waals surface area contributed by atoms with Crippen molar-refractivity contribution in [1.82, 2.24) is 9.97 Å². The second-order valence-electron chi connectivity index (χ2n) is 4.86. The van der Waals surface area contributed by atoms with Crippen molar-refractivity contribution in [2.24, 2.45) is 0 Å². The lowest BCUT2D eigenvalue weighted by molar-refractivity contribution is 0.397. The van der Waals surface area contributed by atoms with Crippen LogP contribution in [0.25, 0.3) is 10.8 Å². The van der Waals surface area contributed by atoms with Gasteiger partial charge in [-0.15, -0.1) is 0 Å². The molecule has 0 saturated heterocycles. The summed E-state index contributed by atoms with van der Waals surface area (Å²) in [5.74, 6) is 1.12. The zero-order valence-electron chi connectivity index (χ0n) is 12.1. The third-order valence-electron chi connectivity index (χ3n) is 3.47. The molecule has 0 spiro atoms. The van der Waals surface area contributed by atoms with E-state index in [2.05, 4.69) is 64.7 Å². The minimum atomic E-state index is 0.100. The minimum absolute atomic E-state index is 0.100. The molecule has 3 rings (SSSR count). The third kappa shape index (κ3) is 2.79. The van der Waals surface area contributed by atoms with Crippen LogP contribution in [-0.4, -0.2) is 17.1 Å². The molecule has 0 aliphatic rings. The van der Waals surface area contributed by atoms with E-state index >= 15 is 0 Å². The second kappa shape index (κ2) is 5.79. The van der Waals surface area contributed by atoms with Crippen LogP contribution >= 0.6 is 0 Å². The Morgan fingerprint density at radius 3 is 2.71 bits per heavy atom. The molecule has 0 aliphatic carbocycles. The van der Waals surface area contributed by atoms with Crippen molar-refractivity contribution in [2.75, 3.05) is 12.4 Å². The molecule has 2 aromatic carbocycles. The van der Waals surface area contributed by atoms with Gasteiger partial charge in [-0.25, -0.2) is 4.98 Å². The number of nitrogens with zero attached hydrogens (tertiary/aromatic N) is 2. The van der Waals surface area contributed by atoms with Gasteiger partial charge >= 0.3 is 0 Å². The first-order valence-corrected chi connectivity index (χ1v) is 6.89. The van der Waals surface area contributed by atoms with E-state index in [0.717, 1.165) is 0 Å². The molecule has 1 heterocycles. The lowest BCUT2D eigenvalue weighted by atomic mass is 10.00. The lowest BCUT2D eigenvalue weighted by Gasteiger charge is -2.16. The van der Waals surface area contributed by atoms with Gasteiger partial charge in [0.05, 0.1) is 13.2 Å². The average molecular weight is 279 g/mol. The molecule has 0 bridgehead atoms. The molecule has 21 heavy (non-hydrogen) atoms. The molecule has 0 fully saturated rings. The highest BCUT2D eigenvalue weighted by atomic mass is 16.5. The van der Waals surface area contributed by atoms with E-state index in [9.17, 15) is 0 Å². The maximum absolute atomic E-state index is 5.12. The summed E-state index contributed by atoms with van der Waals surface area (Å²) in [6, 6.07) is 16.5. The summed E-state index contributed by atoms with van der Waals surface area (Å²) >= 11 is 0. The highest BCUT2D eigenvalue weighted by Gasteiger charge is 2.10. The van der Waals surface area contributed by atoms with Gasteiger partial charge < -0.3 is 10.1 Å². The first-order chi connectivity index (χ1) is 10.3. The average Bonchev–Trinajstić information content (AvgIpc) is 2.54. The molecule has 1 aromatic heterocycles. The Morgan fingerprint density at radius 1 is 1.05 bits per heavy atom. The van der Waals surface area contributed by atoms with E-state index in [4.69, 9.17) is 4.74 Å². The van der Waals surface area contributed by atoms with Crippen molar-refractivity contribution in [2.45, 2.75) is 13.0 Å². The van der Waals surface area contributed by atoms with Gasteiger partial charge in [-0.3, -0.25) is 0 Å².